The molecule has 0 bridgehead atoms. The van der Waals surface area contributed by atoms with Crippen molar-refractivity contribution < 1.29 is 27.2 Å². The highest BCUT2D eigenvalue weighted by Gasteiger charge is 2.36. The van der Waals surface area contributed by atoms with E-state index in [9.17, 15) is 22.8 Å². The Kier molecular flexibility index (Phi) is 7.34. The summed E-state index contributed by atoms with van der Waals surface area (Å²) in [6.07, 6.45) is -1.97. The third-order valence-electron chi connectivity index (χ3n) is 6.32. The zero-order valence-corrected chi connectivity index (χ0v) is 21.4. The fourth-order valence-corrected chi connectivity index (χ4v) is 4.30. The number of nitrogens with one attached hydrogen (secondary N) is 3. The summed E-state index contributed by atoms with van der Waals surface area (Å²) in [4.78, 5) is 29.8. The van der Waals surface area contributed by atoms with Crippen molar-refractivity contribution in [3.8, 4) is 33.6 Å². The molecule has 3 N–H and O–H groups in total. The van der Waals surface area contributed by atoms with Crippen LogP contribution in [-0.2, 0) is 6.18 Å². The zero-order chi connectivity index (χ0) is 29.1. The summed E-state index contributed by atoms with van der Waals surface area (Å²) < 4.78 is 56.1. The largest absolute Gasteiger partial charge is 0.417 e. The van der Waals surface area contributed by atoms with E-state index in [-0.39, 0.29) is 17.3 Å². The van der Waals surface area contributed by atoms with Crippen LogP contribution in [0.1, 0.15) is 26.3 Å². The molecule has 5 rings (SSSR count). The van der Waals surface area contributed by atoms with Crippen LogP contribution < -0.4 is 10.6 Å². The number of anilines is 1. The molecule has 0 aliphatic heterocycles. The summed E-state index contributed by atoms with van der Waals surface area (Å²) in [7, 11) is 1.52. The number of aromatic nitrogens is 3. The second kappa shape index (κ2) is 11.0. The standard InChI is InChI=1S/C30H21F4N5O2/c1-35-28(40)19-9-7-17(8-10-19)20-13-26(27(36-16-20)18-5-3-2-4-6-18)38-29(41)22-14-21(25-11-12-37-39-25)23(15-24(22)31)30(32,33)34/h2-16H,1H3,(H,35,40)(H,37,39)(H,38,41). The van der Waals surface area contributed by atoms with Gasteiger partial charge in [-0.05, 0) is 42.0 Å². The minimum Gasteiger partial charge on any atom is -0.355 e. The second-order valence-corrected chi connectivity index (χ2v) is 8.93. The predicted octanol–water partition coefficient (Wildman–Crippen LogP) is 6.58. The molecule has 11 heteroatoms. The van der Waals surface area contributed by atoms with E-state index < -0.39 is 34.6 Å². The van der Waals surface area contributed by atoms with Crippen LogP contribution in [0.15, 0.2) is 91.3 Å². The summed E-state index contributed by atoms with van der Waals surface area (Å²) in [6.45, 7) is 0. The number of carbonyl (C=O) groups excluding carboxylic acids is 2. The van der Waals surface area contributed by atoms with E-state index in [0.717, 1.165) is 6.07 Å². The van der Waals surface area contributed by atoms with Crippen LogP contribution >= 0.6 is 0 Å². The van der Waals surface area contributed by atoms with Gasteiger partial charge in [0, 0.05) is 41.7 Å². The number of nitrogens with zero attached hydrogens (tertiary/aromatic N) is 2. The number of rotatable bonds is 6. The lowest BCUT2D eigenvalue weighted by Gasteiger charge is -2.16. The average Bonchev–Trinajstić information content (AvgIpc) is 3.51. The highest BCUT2D eigenvalue weighted by molar-refractivity contribution is 6.07. The van der Waals surface area contributed by atoms with Crippen LogP contribution in [0, 0.1) is 5.82 Å². The van der Waals surface area contributed by atoms with Gasteiger partial charge in [-0.3, -0.25) is 19.7 Å². The molecule has 2 aromatic heterocycles. The summed E-state index contributed by atoms with van der Waals surface area (Å²) in [5.74, 6) is -2.57. The molecule has 0 radical (unpaired) electrons. The Morgan fingerprint density at radius 2 is 1.59 bits per heavy atom. The lowest BCUT2D eigenvalue weighted by molar-refractivity contribution is -0.137. The summed E-state index contributed by atoms with van der Waals surface area (Å²) in [5.41, 5.74) is 0.521. The molecule has 41 heavy (non-hydrogen) atoms. The topological polar surface area (TPSA) is 99.8 Å². The zero-order valence-electron chi connectivity index (χ0n) is 21.4. The van der Waals surface area contributed by atoms with Gasteiger partial charge in [0.25, 0.3) is 11.8 Å². The van der Waals surface area contributed by atoms with Crippen LogP contribution in [0.4, 0.5) is 23.2 Å². The normalized spacial score (nSPS) is 11.2. The van der Waals surface area contributed by atoms with Gasteiger partial charge in [0.1, 0.15) is 5.82 Å². The number of benzene rings is 3. The maximum absolute atomic E-state index is 15.0. The fraction of sp³-hybridized carbons (Fsp3) is 0.0667. The van der Waals surface area contributed by atoms with Crippen molar-refractivity contribution in [1.29, 1.82) is 0 Å². The van der Waals surface area contributed by atoms with Crippen molar-refractivity contribution in [3.05, 3.63) is 114 Å². The number of alkyl halides is 3. The maximum Gasteiger partial charge on any atom is 0.417 e. The van der Waals surface area contributed by atoms with Gasteiger partial charge in [0.15, 0.2) is 0 Å². The Morgan fingerprint density at radius 1 is 0.854 bits per heavy atom. The average molecular weight is 560 g/mol. The monoisotopic (exact) mass is 559 g/mol. The number of hydrogen-bond acceptors (Lipinski definition) is 4. The van der Waals surface area contributed by atoms with Gasteiger partial charge in [-0.2, -0.15) is 18.3 Å². The van der Waals surface area contributed by atoms with E-state index in [1.807, 2.05) is 0 Å². The molecule has 3 aromatic carbocycles. The van der Waals surface area contributed by atoms with Crippen LogP contribution in [0.3, 0.4) is 0 Å². The molecule has 0 saturated heterocycles. The molecular weight excluding hydrogens is 538 g/mol. The Morgan fingerprint density at radius 3 is 2.22 bits per heavy atom. The number of carbonyl (C=O) groups is 2. The summed E-state index contributed by atoms with van der Waals surface area (Å²) in [6, 6.07) is 19.6. The van der Waals surface area contributed by atoms with Crippen molar-refractivity contribution >= 4 is 17.5 Å². The molecule has 0 aliphatic rings. The number of amides is 2. The summed E-state index contributed by atoms with van der Waals surface area (Å²) in [5, 5.41) is 11.4. The maximum atomic E-state index is 15.0. The van der Waals surface area contributed by atoms with Crippen molar-refractivity contribution in [2.45, 2.75) is 6.18 Å². The first-order valence-corrected chi connectivity index (χ1v) is 12.3. The van der Waals surface area contributed by atoms with E-state index in [2.05, 4.69) is 25.8 Å². The van der Waals surface area contributed by atoms with Crippen LogP contribution in [-0.4, -0.2) is 34.0 Å². The Hall–Kier alpha value is -5.32. The van der Waals surface area contributed by atoms with Gasteiger partial charge in [-0.25, -0.2) is 4.39 Å². The van der Waals surface area contributed by atoms with Gasteiger partial charge < -0.3 is 10.6 Å². The van der Waals surface area contributed by atoms with Gasteiger partial charge in [-0.1, -0.05) is 42.5 Å². The van der Waals surface area contributed by atoms with Crippen LogP contribution in [0.25, 0.3) is 33.6 Å². The van der Waals surface area contributed by atoms with Crippen molar-refractivity contribution in [1.82, 2.24) is 20.5 Å². The molecule has 2 amide bonds. The number of H-pyrrole nitrogens is 1. The molecule has 0 spiro atoms. The summed E-state index contributed by atoms with van der Waals surface area (Å²) >= 11 is 0. The van der Waals surface area contributed by atoms with Crippen LogP contribution in [0.2, 0.25) is 0 Å². The van der Waals surface area contributed by atoms with E-state index in [0.29, 0.717) is 34.0 Å². The SMILES string of the molecule is CNC(=O)c1ccc(-c2cnc(-c3ccccc3)c(NC(=O)c3cc(-c4cc[nH]n4)c(C(F)(F)F)cc3F)c2)cc1. The molecule has 0 atom stereocenters. The molecule has 2 heterocycles. The minimum absolute atomic E-state index is 0.0970. The number of pyridine rings is 1. The van der Waals surface area contributed by atoms with Crippen molar-refractivity contribution in [2.24, 2.45) is 0 Å². The molecule has 0 unspecified atom stereocenters. The fourth-order valence-electron chi connectivity index (χ4n) is 4.30. The molecular formula is C30H21F4N5O2. The number of aromatic amines is 1. The van der Waals surface area contributed by atoms with Gasteiger partial charge in [-0.15, -0.1) is 0 Å². The first-order valence-electron chi connectivity index (χ1n) is 12.3. The third kappa shape index (κ3) is 5.69. The van der Waals surface area contributed by atoms with Gasteiger partial charge >= 0.3 is 6.18 Å². The Bertz CT molecular complexity index is 1720. The first kappa shape index (κ1) is 27.3. The Balaban J connectivity index is 1.57. The molecule has 0 aliphatic carbocycles. The molecule has 0 saturated carbocycles. The quantitative estimate of drug-likeness (QED) is 0.205. The van der Waals surface area contributed by atoms with Crippen LogP contribution in [0.5, 0.6) is 0 Å². The third-order valence-corrected chi connectivity index (χ3v) is 6.32. The van der Waals surface area contributed by atoms with E-state index in [4.69, 9.17) is 0 Å². The van der Waals surface area contributed by atoms with E-state index in [1.54, 1.807) is 66.9 Å². The Labute approximate surface area is 231 Å². The molecule has 5 aromatic rings. The number of halogens is 4. The lowest BCUT2D eigenvalue weighted by atomic mass is 9.99. The smallest absolute Gasteiger partial charge is 0.355 e. The van der Waals surface area contributed by atoms with Gasteiger partial charge in [0.05, 0.1) is 28.2 Å². The van der Waals surface area contributed by atoms with E-state index >= 15 is 4.39 Å². The first-order chi connectivity index (χ1) is 19.7. The second-order valence-electron chi connectivity index (χ2n) is 8.93. The highest BCUT2D eigenvalue weighted by Crippen LogP contribution is 2.38. The molecule has 0 fully saturated rings. The minimum atomic E-state index is -4.88. The molecule has 206 valence electrons. The predicted molar refractivity (Wildman–Crippen MR) is 145 cm³/mol. The lowest BCUT2D eigenvalue weighted by Crippen LogP contribution is -2.17. The van der Waals surface area contributed by atoms with Gasteiger partial charge in [0.2, 0.25) is 0 Å². The molecule has 7 nitrogen and oxygen atoms in total. The van der Waals surface area contributed by atoms with E-state index in [1.165, 1.54) is 19.3 Å². The van der Waals surface area contributed by atoms with Crippen molar-refractivity contribution in [3.63, 3.8) is 0 Å². The number of hydrogen-bond donors (Lipinski definition) is 3. The highest BCUT2D eigenvalue weighted by atomic mass is 19.4. The van der Waals surface area contributed by atoms with Crippen molar-refractivity contribution in [2.75, 3.05) is 12.4 Å².